The Labute approximate surface area is 195 Å². The van der Waals surface area contributed by atoms with E-state index in [2.05, 4.69) is 22.0 Å². The number of nitrogens with zero attached hydrogens (tertiary/aromatic N) is 4. The van der Waals surface area contributed by atoms with Crippen LogP contribution in [-0.4, -0.2) is 57.4 Å². The summed E-state index contributed by atoms with van der Waals surface area (Å²) < 4.78 is 14.5. The monoisotopic (exact) mass is 452 g/mol. The third-order valence-electron chi connectivity index (χ3n) is 7.12. The van der Waals surface area contributed by atoms with Gasteiger partial charge in [-0.15, -0.1) is 5.10 Å². The molecule has 2 aromatic rings. The largest absolute Gasteiger partial charge is 0.337 e. The van der Waals surface area contributed by atoms with Crippen molar-refractivity contribution in [3.8, 4) is 0 Å². The fourth-order valence-electron chi connectivity index (χ4n) is 5.11. The van der Waals surface area contributed by atoms with Crippen molar-refractivity contribution in [2.24, 2.45) is 5.92 Å². The van der Waals surface area contributed by atoms with Crippen molar-refractivity contribution in [2.75, 3.05) is 19.6 Å². The number of aryl methyl sites for hydroxylation is 1. The molecule has 33 heavy (non-hydrogen) atoms. The van der Waals surface area contributed by atoms with E-state index in [9.17, 15) is 14.0 Å². The van der Waals surface area contributed by atoms with Crippen LogP contribution in [0.5, 0.6) is 0 Å². The number of hydrogen-bond acceptors (Lipinski definition) is 5. The highest BCUT2D eigenvalue weighted by Crippen LogP contribution is 2.28. The van der Waals surface area contributed by atoms with Gasteiger partial charge in [0.1, 0.15) is 11.5 Å². The van der Waals surface area contributed by atoms with Crippen LogP contribution in [0.1, 0.15) is 65.5 Å². The minimum atomic E-state index is -0.337. The summed E-state index contributed by atoms with van der Waals surface area (Å²) in [4.78, 5) is 29.9. The number of carbonyl (C=O) groups excluding carboxylic acids is 2. The lowest BCUT2D eigenvalue weighted by molar-refractivity contribution is -0.140. The fraction of sp³-hybridized carbons (Fsp3) is 0.538. The second-order valence-electron chi connectivity index (χ2n) is 9.61. The summed E-state index contributed by atoms with van der Waals surface area (Å²) in [7, 11) is 0. The topological polar surface area (TPSA) is 66.4 Å². The Morgan fingerprint density at radius 2 is 1.79 bits per heavy atom. The molecule has 7 heteroatoms. The molecule has 1 amide bonds. The highest BCUT2D eigenvalue weighted by atomic mass is 19.1. The molecule has 1 aromatic heterocycles. The summed E-state index contributed by atoms with van der Waals surface area (Å²) in [6, 6.07) is 6.56. The lowest BCUT2D eigenvalue weighted by Gasteiger charge is -2.41. The van der Waals surface area contributed by atoms with E-state index in [4.69, 9.17) is 0 Å². The van der Waals surface area contributed by atoms with Gasteiger partial charge in [0.25, 0.3) is 0 Å². The van der Waals surface area contributed by atoms with Gasteiger partial charge in [-0.3, -0.25) is 14.5 Å². The van der Waals surface area contributed by atoms with E-state index in [-0.39, 0.29) is 30.0 Å². The molecule has 1 aliphatic heterocycles. The van der Waals surface area contributed by atoms with Gasteiger partial charge in [0.05, 0.1) is 5.69 Å². The molecule has 0 radical (unpaired) electrons. The van der Waals surface area contributed by atoms with Crippen molar-refractivity contribution in [1.82, 2.24) is 20.0 Å². The fourth-order valence-corrected chi connectivity index (χ4v) is 5.11. The number of ketones is 1. The number of piperazine rings is 1. The second-order valence-corrected chi connectivity index (χ2v) is 9.61. The number of rotatable bonds is 6. The lowest BCUT2D eigenvalue weighted by atomic mass is 9.96. The smallest absolute Gasteiger partial charge is 0.226 e. The van der Waals surface area contributed by atoms with E-state index in [0.717, 1.165) is 55.6 Å². The maximum Gasteiger partial charge on any atom is 0.226 e. The molecular formula is C26H33FN4O2. The Hall–Kier alpha value is -2.67. The molecule has 2 heterocycles. The van der Waals surface area contributed by atoms with Crippen LogP contribution in [0, 0.1) is 25.6 Å². The molecule has 1 aliphatic carbocycles. The number of hydrogen-bond donors (Lipinski definition) is 0. The number of carbonyl (C=O) groups is 2. The molecule has 2 aliphatic rings. The molecule has 4 rings (SSSR count). The van der Waals surface area contributed by atoms with E-state index in [0.29, 0.717) is 30.3 Å². The molecule has 2 fully saturated rings. The van der Waals surface area contributed by atoms with Crippen molar-refractivity contribution in [3.63, 3.8) is 0 Å². The Bertz CT molecular complexity index is 1020. The van der Waals surface area contributed by atoms with Crippen LogP contribution in [0.3, 0.4) is 0 Å². The third kappa shape index (κ3) is 5.46. The predicted molar refractivity (Wildman–Crippen MR) is 124 cm³/mol. The summed E-state index contributed by atoms with van der Waals surface area (Å²) in [5, 5.41) is 7.91. The van der Waals surface area contributed by atoms with Gasteiger partial charge in [-0.1, -0.05) is 12.8 Å². The van der Waals surface area contributed by atoms with Crippen LogP contribution in [0.2, 0.25) is 0 Å². The zero-order chi connectivity index (χ0) is 23.5. The lowest BCUT2D eigenvalue weighted by Crippen LogP contribution is -2.54. The quantitative estimate of drug-likeness (QED) is 0.623. The van der Waals surface area contributed by atoms with Crippen LogP contribution < -0.4 is 0 Å². The van der Waals surface area contributed by atoms with Crippen LogP contribution in [0.25, 0.3) is 0 Å². The molecule has 6 nitrogen and oxygen atoms in total. The Kier molecular flexibility index (Phi) is 7.17. The van der Waals surface area contributed by atoms with Crippen molar-refractivity contribution in [2.45, 2.75) is 65.5 Å². The third-order valence-corrected chi connectivity index (χ3v) is 7.12. The van der Waals surface area contributed by atoms with Crippen molar-refractivity contribution >= 4 is 11.7 Å². The Morgan fingerprint density at radius 3 is 2.45 bits per heavy atom. The first-order chi connectivity index (χ1) is 15.8. The molecule has 176 valence electrons. The minimum absolute atomic E-state index is 0.0917. The van der Waals surface area contributed by atoms with Crippen LogP contribution in [0.4, 0.5) is 4.39 Å². The van der Waals surface area contributed by atoms with Gasteiger partial charge < -0.3 is 4.90 Å². The normalized spacial score (nSPS) is 19.8. The molecule has 0 spiro atoms. The van der Waals surface area contributed by atoms with Gasteiger partial charge in [0.2, 0.25) is 5.91 Å². The first kappa shape index (κ1) is 23.5. The van der Waals surface area contributed by atoms with Crippen molar-refractivity contribution in [1.29, 1.82) is 0 Å². The van der Waals surface area contributed by atoms with Crippen molar-refractivity contribution < 1.29 is 14.0 Å². The van der Waals surface area contributed by atoms with Crippen LogP contribution in [0.15, 0.2) is 24.3 Å². The van der Waals surface area contributed by atoms with Gasteiger partial charge in [0, 0.05) is 44.6 Å². The molecular weight excluding hydrogens is 419 g/mol. The molecule has 1 saturated carbocycles. The summed E-state index contributed by atoms with van der Waals surface area (Å²) in [5.41, 5.74) is 3.54. The van der Waals surface area contributed by atoms with E-state index in [1.54, 1.807) is 18.2 Å². The highest BCUT2D eigenvalue weighted by molar-refractivity contribution is 5.95. The number of amides is 1. The number of Topliss-reactive ketones (excluding diaryl/α,β-unsaturated/α-hetero) is 1. The maximum atomic E-state index is 14.5. The molecule has 0 unspecified atom stereocenters. The first-order valence-corrected chi connectivity index (χ1v) is 12.0. The second kappa shape index (κ2) is 10.1. The van der Waals surface area contributed by atoms with E-state index in [1.165, 1.54) is 6.07 Å². The number of aromatic nitrogens is 2. The van der Waals surface area contributed by atoms with Gasteiger partial charge in [-0.2, -0.15) is 5.10 Å². The van der Waals surface area contributed by atoms with Crippen LogP contribution >= 0.6 is 0 Å². The van der Waals surface area contributed by atoms with Gasteiger partial charge in [-0.25, -0.2) is 4.39 Å². The summed E-state index contributed by atoms with van der Waals surface area (Å²) in [6.07, 6.45) is 4.44. The predicted octanol–water partition coefficient (Wildman–Crippen LogP) is 3.88. The van der Waals surface area contributed by atoms with Gasteiger partial charge in [-0.05, 0) is 74.6 Å². The van der Waals surface area contributed by atoms with E-state index < -0.39 is 0 Å². The molecule has 0 bridgehead atoms. The summed E-state index contributed by atoms with van der Waals surface area (Å²) in [6.45, 7) is 8.71. The SMILES string of the molecule is Cc1ccc(C(=O)Cc2cc(F)cc(CN3CCN(C(=O)C4CCCC4)[C@@H](C)C3)c2C)nn1. The summed E-state index contributed by atoms with van der Waals surface area (Å²) in [5.74, 6) is -0.00401. The average molecular weight is 453 g/mol. The van der Waals surface area contributed by atoms with Crippen LogP contribution in [-0.2, 0) is 17.8 Å². The van der Waals surface area contributed by atoms with Gasteiger partial charge >= 0.3 is 0 Å². The summed E-state index contributed by atoms with van der Waals surface area (Å²) >= 11 is 0. The van der Waals surface area contributed by atoms with Crippen molar-refractivity contribution in [3.05, 3.63) is 58.2 Å². The zero-order valence-electron chi connectivity index (χ0n) is 19.8. The molecule has 1 saturated heterocycles. The average Bonchev–Trinajstić information content (AvgIpc) is 3.32. The Morgan fingerprint density at radius 1 is 1.06 bits per heavy atom. The Balaban J connectivity index is 1.42. The van der Waals surface area contributed by atoms with Gasteiger partial charge in [0.15, 0.2) is 5.78 Å². The molecule has 1 atom stereocenters. The number of halogens is 1. The maximum absolute atomic E-state index is 14.5. The molecule has 1 aromatic carbocycles. The molecule has 0 N–H and O–H groups in total. The number of benzene rings is 1. The standard InChI is InChI=1S/C26H33FN4O2/c1-17-8-9-24(29-28-17)25(32)14-21-12-23(27)13-22(19(21)3)16-30-10-11-31(18(2)15-30)26(33)20-6-4-5-7-20/h8-9,12-13,18,20H,4-7,10-11,14-16H2,1-3H3/t18-/m0/s1. The zero-order valence-corrected chi connectivity index (χ0v) is 19.8. The first-order valence-electron chi connectivity index (χ1n) is 12.0. The minimum Gasteiger partial charge on any atom is -0.337 e. The van der Waals surface area contributed by atoms with E-state index >= 15 is 0 Å². The van der Waals surface area contributed by atoms with E-state index in [1.807, 2.05) is 18.7 Å². The highest BCUT2D eigenvalue weighted by Gasteiger charge is 2.33.